The maximum atomic E-state index is 12.3. The Kier molecular flexibility index (Phi) is 4.38. The van der Waals surface area contributed by atoms with Crippen molar-refractivity contribution < 1.29 is 0 Å². The molecule has 2 heterocycles. The molecule has 3 aromatic rings. The van der Waals surface area contributed by atoms with Gasteiger partial charge in [0.2, 0.25) is 0 Å². The van der Waals surface area contributed by atoms with Crippen molar-refractivity contribution in [3.63, 3.8) is 0 Å². The van der Waals surface area contributed by atoms with Crippen molar-refractivity contribution in [3.8, 4) is 0 Å². The van der Waals surface area contributed by atoms with Crippen molar-refractivity contribution in [2.24, 2.45) is 14.1 Å². The second-order valence-electron chi connectivity index (χ2n) is 5.37. The lowest BCUT2D eigenvalue weighted by molar-refractivity contribution is 0.695. The lowest BCUT2D eigenvalue weighted by Crippen LogP contribution is -2.37. The topological polar surface area (TPSA) is 73.8 Å². The van der Waals surface area contributed by atoms with Crippen molar-refractivity contribution in [1.82, 2.24) is 18.7 Å². The van der Waals surface area contributed by atoms with Gasteiger partial charge in [0.05, 0.1) is 17.0 Å². The lowest BCUT2D eigenvalue weighted by Gasteiger charge is -2.10. The van der Waals surface area contributed by atoms with Crippen LogP contribution in [0.1, 0.15) is 0 Å². The Morgan fingerprint density at radius 2 is 1.92 bits per heavy atom. The minimum Gasteiger partial charge on any atom is -0.382 e. The highest BCUT2D eigenvalue weighted by Crippen LogP contribution is 2.25. The summed E-state index contributed by atoms with van der Waals surface area (Å²) in [5.41, 5.74) is 0.751. The minimum atomic E-state index is -0.399. The van der Waals surface area contributed by atoms with Gasteiger partial charge >= 0.3 is 5.69 Å². The maximum absolute atomic E-state index is 12.3. The van der Waals surface area contributed by atoms with Gasteiger partial charge < -0.3 is 9.88 Å². The van der Waals surface area contributed by atoms with Gasteiger partial charge in [-0.2, -0.15) is 0 Å². The number of nitrogens with zero attached hydrogens (tertiary/aromatic N) is 4. The number of halogens is 2. The first-order valence-electron chi connectivity index (χ1n) is 7.20. The fourth-order valence-corrected chi connectivity index (χ4v) is 2.99. The van der Waals surface area contributed by atoms with E-state index in [0.29, 0.717) is 34.3 Å². The number of aryl methyl sites for hydroxylation is 1. The number of imidazole rings is 1. The Bertz CT molecular complexity index is 1030. The van der Waals surface area contributed by atoms with Crippen LogP contribution in [0.15, 0.2) is 34.1 Å². The molecule has 0 aliphatic rings. The summed E-state index contributed by atoms with van der Waals surface area (Å²) >= 11 is 12.0. The molecule has 126 valence electrons. The van der Waals surface area contributed by atoms with E-state index < -0.39 is 5.69 Å². The molecule has 0 spiro atoms. The van der Waals surface area contributed by atoms with Gasteiger partial charge in [-0.25, -0.2) is 9.78 Å². The molecule has 0 saturated carbocycles. The first-order valence-corrected chi connectivity index (χ1v) is 7.95. The number of nitrogens with one attached hydrogen (secondary N) is 1. The summed E-state index contributed by atoms with van der Waals surface area (Å²) in [6.45, 7) is 1.02. The van der Waals surface area contributed by atoms with E-state index in [-0.39, 0.29) is 5.56 Å². The minimum absolute atomic E-state index is 0.366. The molecule has 7 nitrogen and oxygen atoms in total. The highest BCUT2D eigenvalue weighted by atomic mass is 35.5. The molecule has 9 heteroatoms. The molecule has 1 N–H and O–H groups in total. The standard InChI is InChI=1S/C15H15Cl2N5O2/c1-20-13-12(14(23)21(2)15(20)24)22(8-19-13)6-5-18-11-4-3-9(16)7-10(11)17/h3-4,7-8,18H,5-6H2,1-2H3. The molecule has 2 aromatic heterocycles. The molecule has 3 rings (SSSR count). The smallest absolute Gasteiger partial charge is 0.332 e. The van der Waals surface area contributed by atoms with E-state index in [1.165, 1.54) is 11.6 Å². The molecule has 0 unspecified atom stereocenters. The van der Waals surface area contributed by atoms with Crippen LogP contribution in [-0.2, 0) is 20.6 Å². The highest BCUT2D eigenvalue weighted by Gasteiger charge is 2.13. The van der Waals surface area contributed by atoms with Gasteiger partial charge in [-0.15, -0.1) is 0 Å². The van der Waals surface area contributed by atoms with Gasteiger partial charge in [0.15, 0.2) is 11.2 Å². The van der Waals surface area contributed by atoms with E-state index in [2.05, 4.69) is 10.3 Å². The zero-order chi connectivity index (χ0) is 17.4. The third kappa shape index (κ3) is 2.81. The Hall–Kier alpha value is -2.25. The summed E-state index contributed by atoms with van der Waals surface area (Å²) < 4.78 is 4.15. The molecule has 0 amide bonds. The Labute approximate surface area is 147 Å². The van der Waals surface area contributed by atoms with Crippen molar-refractivity contribution >= 4 is 40.1 Å². The molecule has 0 saturated heterocycles. The molecule has 0 radical (unpaired) electrons. The summed E-state index contributed by atoms with van der Waals surface area (Å²) in [4.78, 5) is 28.4. The number of aromatic nitrogens is 4. The Morgan fingerprint density at radius 1 is 1.17 bits per heavy atom. The van der Waals surface area contributed by atoms with Gasteiger partial charge in [-0.3, -0.25) is 13.9 Å². The zero-order valence-corrected chi connectivity index (χ0v) is 14.6. The second kappa shape index (κ2) is 6.33. The van der Waals surface area contributed by atoms with Crippen molar-refractivity contribution in [3.05, 3.63) is 55.4 Å². The Balaban J connectivity index is 1.86. The normalized spacial score (nSPS) is 11.2. The number of benzene rings is 1. The predicted octanol–water partition coefficient (Wildman–Crippen LogP) is 1.85. The molecule has 0 atom stereocenters. The van der Waals surface area contributed by atoms with E-state index in [0.717, 1.165) is 10.3 Å². The molecule has 0 bridgehead atoms. The van der Waals surface area contributed by atoms with Crippen LogP contribution < -0.4 is 16.6 Å². The quantitative estimate of drug-likeness (QED) is 0.763. The van der Waals surface area contributed by atoms with Crippen molar-refractivity contribution in [1.29, 1.82) is 0 Å². The first-order chi connectivity index (χ1) is 11.4. The zero-order valence-electron chi connectivity index (χ0n) is 13.1. The van der Waals surface area contributed by atoms with Crippen LogP contribution in [0, 0.1) is 0 Å². The van der Waals surface area contributed by atoms with E-state index in [1.54, 1.807) is 36.1 Å². The van der Waals surface area contributed by atoms with E-state index >= 15 is 0 Å². The Morgan fingerprint density at radius 3 is 2.62 bits per heavy atom. The molecule has 0 aliphatic heterocycles. The average Bonchev–Trinajstić information content (AvgIpc) is 2.97. The molecular weight excluding hydrogens is 353 g/mol. The van der Waals surface area contributed by atoms with Crippen LogP contribution in [0.3, 0.4) is 0 Å². The SMILES string of the molecule is Cn1c(=O)c2c(ncn2CCNc2ccc(Cl)cc2Cl)n(C)c1=O. The fourth-order valence-electron chi connectivity index (χ4n) is 2.51. The van der Waals surface area contributed by atoms with Crippen LogP contribution in [-0.4, -0.2) is 25.2 Å². The third-order valence-corrected chi connectivity index (χ3v) is 4.36. The summed E-state index contributed by atoms with van der Waals surface area (Å²) in [6.07, 6.45) is 1.55. The van der Waals surface area contributed by atoms with E-state index in [1.807, 2.05) is 0 Å². The highest BCUT2D eigenvalue weighted by molar-refractivity contribution is 6.36. The molecule has 1 aromatic carbocycles. The summed E-state index contributed by atoms with van der Waals surface area (Å²) in [5, 5.41) is 4.28. The average molecular weight is 368 g/mol. The largest absolute Gasteiger partial charge is 0.382 e. The number of rotatable bonds is 4. The fraction of sp³-hybridized carbons (Fsp3) is 0.267. The van der Waals surface area contributed by atoms with Gasteiger partial charge in [0, 0.05) is 32.2 Å². The van der Waals surface area contributed by atoms with E-state index in [9.17, 15) is 9.59 Å². The van der Waals surface area contributed by atoms with Gasteiger partial charge in [-0.05, 0) is 18.2 Å². The first kappa shape index (κ1) is 16.6. The predicted molar refractivity (Wildman–Crippen MR) is 95.2 cm³/mol. The van der Waals surface area contributed by atoms with Crippen LogP contribution in [0.4, 0.5) is 5.69 Å². The van der Waals surface area contributed by atoms with Crippen LogP contribution in [0.5, 0.6) is 0 Å². The van der Waals surface area contributed by atoms with Crippen LogP contribution in [0.2, 0.25) is 10.0 Å². The molecule has 0 fully saturated rings. The number of hydrogen-bond acceptors (Lipinski definition) is 4. The van der Waals surface area contributed by atoms with Gasteiger partial charge in [0.1, 0.15) is 0 Å². The summed E-state index contributed by atoms with van der Waals surface area (Å²) in [5.74, 6) is 0. The van der Waals surface area contributed by atoms with Crippen LogP contribution in [0.25, 0.3) is 11.2 Å². The summed E-state index contributed by atoms with van der Waals surface area (Å²) in [6, 6.07) is 5.19. The number of hydrogen-bond donors (Lipinski definition) is 1. The van der Waals surface area contributed by atoms with Crippen molar-refractivity contribution in [2.75, 3.05) is 11.9 Å². The summed E-state index contributed by atoms with van der Waals surface area (Å²) in [7, 11) is 3.04. The van der Waals surface area contributed by atoms with Gasteiger partial charge in [0.25, 0.3) is 5.56 Å². The molecular formula is C15H15Cl2N5O2. The molecule has 0 aliphatic carbocycles. The second-order valence-corrected chi connectivity index (χ2v) is 6.21. The van der Waals surface area contributed by atoms with Crippen LogP contribution >= 0.6 is 23.2 Å². The number of anilines is 1. The molecule has 24 heavy (non-hydrogen) atoms. The van der Waals surface area contributed by atoms with E-state index in [4.69, 9.17) is 23.2 Å². The van der Waals surface area contributed by atoms with Crippen molar-refractivity contribution in [2.45, 2.75) is 6.54 Å². The number of fused-ring (bicyclic) bond motifs is 1. The maximum Gasteiger partial charge on any atom is 0.332 e. The van der Waals surface area contributed by atoms with Gasteiger partial charge in [-0.1, -0.05) is 23.2 Å². The third-order valence-electron chi connectivity index (χ3n) is 3.82. The monoisotopic (exact) mass is 367 g/mol. The lowest BCUT2D eigenvalue weighted by atomic mass is 10.3.